The van der Waals surface area contributed by atoms with Crippen molar-refractivity contribution in [2.24, 2.45) is 23.7 Å². The number of esters is 1. The van der Waals surface area contributed by atoms with Crippen molar-refractivity contribution in [3.8, 4) is 0 Å². The summed E-state index contributed by atoms with van der Waals surface area (Å²) in [6.07, 6.45) is -3.65. The number of carbonyl (C=O) groups excluding carboxylic acids is 3. The molecule has 2 N–H and O–H groups in total. The largest absolute Gasteiger partial charge is 0.509 e. The van der Waals surface area contributed by atoms with Crippen LogP contribution in [0.2, 0.25) is 0 Å². The van der Waals surface area contributed by atoms with Crippen molar-refractivity contribution >= 4 is 17.9 Å². The van der Waals surface area contributed by atoms with E-state index >= 15 is 0 Å². The zero-order valence-electron chi connectivity index (χ0n) is 31.4. The van der Waals surface area contributed by atoms with Gasteiger partial charge < -0.3 is 57.6 Å². The van der Waals surface area contributed by atoms with Crippen molar-refractivity contribution in [1.82, 2.24) is 0 Å². The van der Waals surface area contributed by atoms with Gasteiger partial charge in [-0.2, -0.15) is 0 Å². The standard InChI is InChI=1S/C37H56O15/c1-17-10-13-27(39)47-21(5)24(16-45-34-32(44-9)31(43-8)28(40)22(6)48-34)30-26(50-30)12-11-25(38)18(2)14-19(3)29(17)51-35-33(41)37(15-20(4)46-35)23(7)49-36(42)52-37/h10-13,17-24,26,28-35,40-41H,14-16H2,1-9H3. The number of hydrogen-bond acceptors (Lipinski definition) is 15. The number of ether oxygens (including phenoxy) is 10. The van der Waals surface area contributed by atoms with Crippen LogP contribution in [0.25, 0.3) is 0 Å². The number of methoxy groups -OCH3 is 2. The van der Waals surface area contributed by atoms with E-state index in [0.29, 0.717) is 6.42 Å². The van der Waals surface area contributed by atoms with Crippen LogP contribution in [0.1, 0.15) is 61.3 Å². The highest BCUT2D eigenvalue weighted by Crippen LogP contribution is 2.42. The first-order valence-corrected chi connectivity index (χ1v) is 18.3. The zero-order valence-corrected chi connectivity index (χ0v) is 31.4. The number of rotatable bonds is 7. The Morgan fingerprint density at radius 3 is 2.19 bits per heavy atom. The normalized spacial score (nSPS) is 47.4. The second-order valence-electron chi connectivity index (χ2n) is 15.0. The Bertz CT molecular complexity index is 1320. The Kier molecular flexibility index (Phi) is 13.2. The second-order valence-corrected chi connectivity index (χ2v) is 15.0. The Morgan fingerprint density at radius 1 is 0.827 bits per heavy atom. The molecule has 5 aliphatic rings. The summed E-state index contributed by atoms with van der Waals surface area (Å²) in [6.45, 7) is 12.6. The van der Waals surface area contributed by atoms with E-state index in [9.17, 15) is 24.6 Å². The molecule has 4 fully saturated rings. The van der Waals surface area contributed by atoms with Gasteiger partial charge in [0.1, 0.15) is 42.7 Å². The van der Waals surface area contributed by atoms with E-state index in [0.717, 1.165) is 0 Å². The van der Waals surface area contributed by atoms with Gasteiger partial charge in [0.25, 0.3) is 0 Å². The van der Waals surface area contributed by atoms with Crippen molar-refractivity contribution in [2.75, 3.05) is 20.8 Å². The fraction of sp³-hybridized carbons (Fsp3) is 0.811. The quantitative estimate of drug-likeness (QED) is 0.286. The molecule has 52 heavy (non-hydrogen) atoms. The second kappa shape index (κ2) is 16.9. The fourth-order valence-electron chi connectivity index (χ4n) is 7.99. The Labute approximate surface area is 305 Å². The molecule has 0 aromatic heterocycles. The highest BCUT2D eigenvalue weighted by atomic mass is 16.8. The summed E-state index contributed by atoms with van der Waals surface area (Å²) in [6, 6.07) is 0. The van der Waals surface area contributed by atoms with Gasteiger partial charge in [-0.05, 0) is 52.2 Å². The van der Waals surface area contributed by atoms with E-state index in [2.05, 4.69) is 0 Å². The average Bonchev–Trinajstić information content (AvgIpc) is 3.79. The van der Waals surface area contributed by atoms with E-state index in [-0.39, 0.29) is 24.7 Å². The molecule has 0 bridgehead atoms. The van der Waals surface area contributed by atoms with E-state index in [1.165, 1.54) is 26.4 Å². The number of allylic oxidation sites excluding steroid dienone is 1. The van der Waals surface area contributed by atoms with Crippen molar-refractivity contribution in [1.29, 1.82) is 0 Å². The zero-order chi connectivity index (χ0) is 38.1. The summed E-state index contributed by atoms with van der Waals surface area (Å²) in [5, 5.41) is 22.0. The third-order valence-electron chi connectivity index (χ3n) is 11.2. The van der Waals surface area contributed by atoms with Gasteiger partial charge in [-0.3, -0.25) is 4.79 Å². The number of hydrogen-bond donors (Lipinski definition) is 2. The summed E-state index contributed by atoms with van der Waals surface area (Å²) in [7, 11) is 2.96. The molecule has 0 amide bonds. The van der Waals surface area contributed by atoms with Crippen LogP contribution >= 0.6 is 0 Å². The minimum Gasteiger partial charge on any atom is -0.459 e. The molecule has 0 aromatic rings. The molecule has 0 aromatic carbocycles. The molecule has 5 rings (SSSR count). The smallest absolute Gasteiger partial charge is 0.459 e. The monoisotopic (exact) mass is 740 g/mol. The number of fused-ring (bicyclic) bond motifs is 1. The van der Waals surface area contributed by atoms with Crippen LogP contribution in [0.15, 0.2) is 24.3 Å². The highest BCUT2D eigenvalue weighted by molar-refractivity contribution is 5.91. The van der Waals surface area contributed by atoms with Crippen LogP contribution in [-0.4, -0.2) is 134 Å². The Morgan fingerprint density at radius 2 is 1.54 bits per heavy atom. The van der Waals surface area contributed by atoms with Crippen LogP contribution in [0, 0.1) is 23.7 Å². The van der Waals surface area contributed by atoms with Gasteiger partial charge in [0.05, 0.1) is 31.0 Å². The van der Waals surface area contributed by atoms with E-state index in [1.54, 1.807) is 39.8 Å². The summed E-state index contributed by atoms with van der Waals surface area (Å²) in [5.74, 6) is -2.20. The molecular formula is C37H56O15. The fourth-order valence-corrected chi connectivity index (χ4v) is 7.99. The molecule has 18 atom stereocenters. The lowest BCUT2D eigenvalue weighted by atomic mass is 9.82. The van der Waals surface area contributed by atoms with Gasteiger partial charge in [-0.25, -0.2) is 9.59 Å². The minimum absolute atomic E-state index is 0.0493. The SMILES string of the molecule is COC1C(OCC2C(C)OC(=O)C=CC(C)C(OC3OC(C)CC4(OC(=O)OC4C)C3O)C(C)CC(C)C(=O)C=CC3OC32)OC(C)C(O)C1OC. The molecule has 5 aliphatic heterocycles. The first-order chi connectivity index (χ1) is 24.6. The predicted octanol–water partition coefficient (Wildman–Crippen LogP) is 2.62. The van der Waals surface area contributed by atoms with Crippen LogP contribution < -0.4 is 0 Å². The highest BCUT2D eigenvalue weighted by Gasteiger charge is 2.61. The molecule has 15 nitrogen and oxygen atoms in total. The van der Waals surface area contributed by atoms with Crippen molar-refractivity contribution < 1.29 is 72.0 Å². The maximum atomic E-state index is 13.4. The first-order valence-electron chi connectivity index (χ1n) is 18.3. The van der Waals surface area contributed by atoms with E-state index < -0.39 is 115 Å². The van der Waals surface area contributed by atoms with Gasteiger partial charge in [0, 0.05) is 44.5 Å². The Hall–Kier alpha value is -2.47. The average molecular weight is 741 g/mol. The van der Waals surface area contributed by atoms with Gasteiger partial charge in [0.2, 0.25) is 0 Å². The molecule has 0 saturated carbocycles. The number of carbonyl (C=O) groups is 3. The molecule has 15 heteroatoms. The molecular weight excluding hydrogens is 684 g/mol. The number of aliphatic hydroxyl groups excluding tert-OH is 2. The molecule has 0 aliphatic carbocycles. The van der Waals surface area contributed by atoms with Crippen LogP contribution in [0.4, 0.5) is 4.79 Å². The Balaban J connectivity index is 1.34. The van der Waals surface area contributed by atoms with Crippen LogP contribution in [0.5, 0.6) is 0 Å². The first kappa shape index (κ1) is 40.7. The van der Waals surface area contributed by atoms with Crippen molar-refractivity contribution in [3.05, 3.63) is 24.3 Å². The predicted molar refractivity (Wildman–Crippen MR) is 181 cm³/mol. The van der Waals surface area contributed by atoms with Crippen molar-refractivity contribution in [3.63, 3.8) is 0 Å². The maximum Gasteiger partial charge on any atom is 0.509 e. The topological polar surface area (TPSA) is 187 Å². The molecule has 18 unspecified atom stereocenters. The summed E-state index contributed by atoms with van der Waals surface area (Å²) < 4.78 is 58.3. The maximum absolute atomic E-state index is 13.4. The van der Waals surface area contributed by atoms with Crippen LogP contribution in [-0.2, 0) is 57.0 Å². The molecule has 5 heterocycles. The lowest BCUT2D eigenvalue weighted by Gasteiger charge is -2.46. The third kappa shape index (κ3) is 8.74. The summed E-state index contributed by atoms with van der Waals surface area (Å²) >= 11 is 0. The van der Waals surface area contributed by atoms with Gasteiger partial charge >= 0.3 is 12.1 Å². The van der Waals surface area contributed by atoms with Gasteiger partial charge in [-0.15, -0.1) is 0 Å². The lowest BCUT2D eigenvalue weighted by Crippen LogP contribution is -2.62. The third-order valence-corrected chi connectivity index (χ3v) is 11.2. The summed E-state index contributed by atoms with van der Waals surface area (Å²) in [5.41, 5.74) is -1.35. The number of ketones is 1. The number of epoxide rings is 1. The lowest BCUT2D eigenvalue weighted by molar-refractivity contribution is -0.308. The molecule has 294 valence electrons. The van der Waals surface area contributed by atoms with E-state index in [1.807, 2.05) is 20.8 Å². The van der Waals surface area contributed by atoms with Crippen LogP contribution in [0.3, 0.4) is 0 Å². The molecule has 1 spiro atoms. The minimum atomic E-state index is -1.36. The van der Waals surface area contributed by atoms with Crippen molar-refractivity contribution in [2.45, 2.75) is 147 Å². The number of aliphatic hydroxyl groups is 2. The van der Waals surface area contributed by atoms with Gasteiger partial charge in [-0.1, -0.05) is 26.8 Å². The van der Waals surface area contributed by atoms with E-state index in [4.69, 9.17) is 47.4 Å². The number of cyclic esters (lactones) is 2. The van der Waals surface area contributed by atoms with Gasteiger partial charge in [0.15, 0.2) is 24.0 Å². The molecule has 4 saturated heterocycles. The molecule has 0 radical (unpaired) electrons. The summed E-state index contributed by atoms with van der Waals surface area (Å²) in [4.78, 5) is 38.7.